The zero-order chi connectivity index (χ0) is 41.0. The van der Waals surface area contributed by atoms with Crippen LogP contribution in [0.1, 0.15) is 76.3 Å². The second-order valence-corrected chi connectivity index (χ2v) is 15.8. The zero-order valence-electron chi connectivity index (χ0n) is 31.6. The fraction of sp³-hybridized carbons (Fsp3) is 0.444. The molecule has 0 saturated carbocycles. The molecule has 1 heterocycles. The smallest absolute Gasteiger partial charge is 0.408 e. The van der Waals surface area contributed by atoms with Crippen LogP contribution in [0.25, 0.3) is 0 Å². The fourth-order valence-electron chi connectivity index (χ4n) is 5.34. The highest BCUT2D eigenvalue weighted by Gasteiger charge is 2.30. The van der Waals surface area contributed by atoms with E-state index in [2.05, 4.69) is 36.4 Å². The monoisotopic (exact) mass is 823 g/mol. The average Bonchev–Trinajstić information content (AvgIpc) is 3.10. The van der Waals surface area contributed by atoms with Crippen LogP contribution in [0.15, 0.2) is 54.4 Å². The first kappa shape index (κ1) is 44.9. The number of amides is 4. The van der Waals surface area contributed by atoms with Gasteiger partial charge in [0.1, 0.15) is 29.1 Å². The fourth-order valence-corrected chi connectivity index (χ4v) is 6.83. The van der Waals surface area contributed by atoms with Crippen molar-refractivity contribution in [1.82, 2.24) is 31.7 Å². The Labute approximate surface area is 330 Å². The van der Waals surface area contributed by atoms with Crippen molar-refractivity contribution in [3.05, 3.63) is 75.5 Å². The third-order valence-corrected chi connectivity index (χ3v) is 9.74. The number of ether oxygens (including phenoxy) is 2. The van der Waals surface area contributed by atoms with Gasteiger partial charge in [-0.25, -0.2) is 9.88 Å². The Morgan fingerprint density at radius 2 is 1.67 bits per heavy atom. The van der Waals surface area contributed by atoms with Gasteiger partial charge in [0.05, 0.1) is 28.4 Å². The van der Waals surface area contributed by atoms with Crippen LogP contribution in [0.3, 0.4) is 0 Å². The Balaban J connectivity index is 1.81. The summed E-state index contributed by atoms with van der Waals surface area (Å²) in [7, 11) is -1.70. The summed E-state index contributed by atoms with van der Waals surface area (Å²) >= 11 is 12.5. The molecule has 19 heteroatoms. The van der Waals surface area contributed by atoms with Crippen molar-refractivity contribution in [3.8, 4) is 5.75 Å². The maximum atomic E-state index is 13.6. The predicted octanol–water partition coefficient (Wildman–Crippen LogP) is 4.78. The van der Waals surface area contributed by atoms with Crippen LogP contribution in [0.4, 0.5) is 4.79 Å². The number of piperidine rings is 1. The summed E-state index contributed by atoms with van der Waals surface area (Å²) in [5.41, 5.74) is -1.40. The number of methoxy groups -OCH3 is 1. The number of carbonyl (C=O) groups is 5. The summed E-state index contributed by atoms with van der Waals surface area (Å²) in [4.78, 5) is 64.6. The van der Waals surface area contributed by atoms with Gasteiger partial charge in [-0.15, -0.1) is 0 Å². The number of halogens is 2. The molecule has 3 rings (SSSR count). The molecule has 0 aliphatic carbocycles. The number of benzene rings is 2. The van der Waals surface area contributed by atoms with Gasteiger partial charge in [-0.3, -0.25) is 29.2 Å². The molecule has 55 heavy (non-hydrogen) atoms. The molecule has 0 radical (unpaired) electrons. The molecule has 7 N–H and O–H groups in total. The van der Waals surface area contributed by atoms with E-state index in [-0.39, 0.29) is 21.7 Å². The van der Waals surface area contributed by atoms with Gasteiger partial charge in [0.15, 0.2) is 0 Å². The van der Waals surface area contributed by atoms with Crippen LogP contribution < -0.4 is 36.2 Å². The zero-order valence-corrected chi connectivity index (χ0v) is 34.1. The minimum absolute atomic E-state index is 0.00909. The lowest BCUT2D eigenvalue weighted by atomic mass is 9.93. The molecule has 0 bridgehead atoms. The number of rotatable bonds is 15. The van der Waals surface area contributed by atoms with Crippen molar-refractivity contribution in [1.29, 1.82) is 5.41 Å². The molecule has 1 fully saturated rings. The lowest BCUT2D eigenvalue weighted by molar-refractivity contribution is -0.142. The van der Waals surface area contributed by atoms with Crippen molar-refractivity contribution in [3.63, 3.8) is 0 Å². The molecule has 5 atom stereocenters. The van der Waals surface area contributed by atoms with Crippen LogP contribution in [0.5, 0.6) is 5.75 Å². The summed E-state index contributed by atoms with van der Waals surface area (Å²) < 4.78 is 28.4. The van der Waals surface area contributed by atoms with E-state index in [1.165, 1.54) is 32.2 Å². The Morgan fingerprint density at radius 1 is 1.02 bits per heavy atom. The van der Waals surface area contributed by atoms with Gasteiger partial charge in [0.2, 0.25) is 5.91 Å². The second-order valence-electron chi connectivity index (χ2n) is 13.9. The summed E-state index contributed by atoms with van der Waals surface area (Å²) in [6.45, 7) is 10.4. The average molecular weight is 825 g/mol. The number of hydrogen-bond donors (Lipinski definition) is 7. The van der Waals surface area contributed by atoms with Crippen molar-refractivity contribution in [2.24, 2.45) is 5.92 Å². The molecular weight excluding hydrogens is 776 g/mol. The van der Waals surface area contributed by atoms with Crippen LogP contribution in [0.2, 0.25) is 10.0 Å². The molecule has 1 aliphatic heterocycles. The summed E-state index contributed by atoms with van der Waals surface area (Å²) in [5.74, 6) is -3.15. The van der Waals surface area contributed by atoms with Crippen LogP contribution in [-0.4, -0.2) is 72.9 Å². The molecule has 16 nitrogen and oxygen atoms in total. The highest BCUT2D eigenvalue weighted by Crippen LogP contribution is 2.35. The van der Waals surface area contributed by atoms with E-state index in [0.717, 1.165) is 6.20 Å². The van der Waals surface area contributed by atoms with Gasteiger partial charge in [-0.1, -0.05) is 61.3 Å². The molecule has 2 aromatic rings. The second kappa shape index (κ2) is 20.4. The van der Waals surface area contributed by atoms with Crippen molar-refractivity contribution < 1.29 is 42.5 Å². The van der Waals surface area contributed by atoms with Gasteiger partial charge >= 0.3 is 20.2 Å². The van der Waals surface area contributed by atoms with Gasteiger partial charge in [-0.2, -0.15) is 0 Å². The third kappa shape index (κ3) is 13.7. The highest BCUT2D eigenvalue weighted by molar-refractivity contribution is 7.37. The SMILES string of the molecule is COC(=O)[C@H](C)N[PH](=O)Oc1ccccc1C1CC(NC(=O)C(=N)/C(=C\NC(=O)[C@@H](NC(=O)OC(C)(C)C)C(C)C)NC(=O)c2c(Cl)cccc2Cl)CCN1. The van der Waals surface area contributed by atoms with Crippen LogP contribution in [-0.2, 0) is 28.4 Å². The normalized spacial score (nSPS) is 17.5. The van der Waals surface area contributed by atoms with E-state index in [1.54, 1.807) is 58.9 Å². The Bertz CT molecular complexity index is 1800. The van der Waals surface area contributed by atoms with Crippen molar-refractivity contribution in [2.45, 2.75) is 84.2 Å². The van der Waals surface area contributed by atoms with E-state index in [4.69, 9.17) is 37.9 Å². The minimum Gasteiger partial charge on any atom is -0.468 e. The molecule has 0 aromatic heterocycles. The van der Waals surface area contributed by atoms with Gasteiger partial charge in [0.25, 0.3) is 11.8 Å². The summed E-state index contributed by atoms with van der Waals surface area (Å²) in [5, 5.41) is 25.0. The first-order valence-electron chi connectivity index (χ1n) is 17.3. The molecular formula is C36H48Cl2N7O9P. The standard InChI is InChI=1S/C36H48Cl2N7O9P/c1-19(2)30(44-35(50)53-36(4,5)6)33(48)41-18-26(43-31(46)28-23(37)12-10-13-24(28)38)29(39)32(47)42-21-15-16-40-25(17-21)22-11-8-9-14-27(22)54-55(51)45-20(3)34(49)52-7/h8-14,18-21,25,30,39-40,55H,15-17H2,1-7H3,(H,41,48)(H,42,47)(H,43,46)(H,44,50)(H,45,51)/b26-18+,39-29?/t20-,21?,25?,30-/m0/s1. The number of nitrogens with one attached hydrogen (secondary N) is 7. The highest BCUT2D eigenvalue weighted by atomic mass is 35.5. The molecule has 1 saturated heterocycles. The minimum atomic E-state index is -2.92. The lowest BCUT2D eigenvalue weighted by Gasteiger charge is -2.32. The first-order valence-corrected chi connectivity index (χ1v) is 19.4. The van der Waals surface area contributed by atoms with E-state index < -0.39 is 79.0 Å². The predicted molar refractivity (Wildman–Crippen MR) is 208 cm³/mol. The molecule has 3 unspecified atom stereocenters. The Kier molecular flexibility index (Phi) is 16.7. The largest absolute Gasteiger partial charge is 0.468 e. The van der Waals surface area contributed by atoms with Gasteiger partial charge < -0.3 is 40.6 Å². The number of alkyl carbamates (subject to hydrolysis) is 1. The number of para-hydroxylation sites is 1. The first-order chi connectivity index (χ1) is 25.8. The van der Waals surface area contributed by atoms with Crippen molar-refractivity contribution >= 4 is 66.9 Å². The maximum absolute atomic E-state index is 13.6. The Morgan fingerprint density at radius 3 is 2.29 bits per heavy atom. The molecule has 2 aromatic carbocycles. The molecule has 0 spiro atoms. The Hall–Kier alpha value is -4.47. The number of hydrogen-bond acceptors (Lipinski definition) is 11. The quantitative estimate of drug-likeness (QED) is 0.0735. The number of carbonyl (C=O) groups excluding carboxylic acids is 5. The van der Waals surface area contributed by atoms with E-state index >= 15 is 0 Å². The van der Waals surface area contributed by atoms with E-state index in [0.29, 0.717) is 30.7 Å². The van der Waals surface area contributed by atoms with E-state index in [1.807, 2.05) is 0 Å². The molecule has 4 amide bonds. The lowest BCUT2D eigenvalue weighted by Crippen LogP contribution is -2.50. The summed E-state index contributed by atoms with van der Waals surface area (Å²) in [6.07, 6.45) is 0.954. The van der Waals surface area contributed by atoms with Crippen molar-refractivity contribution in [2.75, 3.05) is 13.7 Å². The van der Waals surface area contributed by atoms with E-state index in [9.17, 15) is 28.5 Å². The topological polar surface area (TPSA) is 226 Å². The molecule has 1 aliphatic rings. The molecule has 300 valence electrons. The van der Waals surface area contributed by atoms with Gasteiger partial charge in [0, 0.05) is 23.8 Å². The van der Waals surface area contributed by atoms with Crippen LogP contribution >= 0.6 is 31.4 Å². The maximum Gasteiger partial charge on any atom is 0.408 e. The van der Waals surface area contributed by atoms with Gasteiger partial charge in [-0.05, 0) is 71.2 Å². The third-order valence-electron chi connectivity index (χ3n) is 8.04. The summed E-state index contributed by atoms with van der Waals surface area (Å²) in [6, 6.07) is 8.50. The van der Waals surface area contributed by atoms with Crippen LogP contribution in [0, 0.1) is 11.3 Å². The number of esters is 1.